The Kier molecular flexibility index (Phi) is 5.14. The fourth-order valence-electron chi connectivity index (χ4n) is 2.10. The van der Waals surface area contributed by atoms with Crippen molar-refractivity contribution in [2.75, 3.05) is 20.3 Å². The summed E-state index contributed by atoms with van der Waals surface area (Å²) in [7, 11) is 1.30. The van der Waals surface area contributed by atoms with Crippen molar-refractivity contribution in [1.29, 1.82) is 0 Å². The summed E-state index contributed by atoms with van der Waals surface area (Å²) < 4.78 is 9.89. The Hall–Kier alpha value is -1.10. The van der Waals surface area contributed by atoms with Gasteiger partial charge >= 0.3 is 6.09 Å². The first kappa shape index (κ1) is 15.0. The van der Waals surface area contributed by atoms with Crippen molar-refractivity contribution < 1.29 is 19.1 Å². The van der Waals surface area contributed by atoms with E-state index in [9.17, 15) is 9.59 Å². The molecule has 1 rings (SSSR count). The Balaban J connectivity index is 2.79. The molecule has 0 saturated carbocycles. The molecule has 0 bridgehead atoms. The minimum absolute atomic E-state index is 0.0415. The van der Waals surface area contributed by atoms with Crippen LogP contribution in [0.1, 0.15) is 33.6 Å². The van der Waals surface area contributed by atoms with E-state index in [1.807, 2.05) is 20.8 Å². The van der Waals surface area contributed by atoms with Crippen molar-refractivity contribution in [3.63, 3.8) is 0 Å². The van der Waals surface area contributed by atoms with E-state index in [2.05, 4.69) is 10.1 Å². The average molecular weight is 257 g/mol. The Morgan fingerprint density at radius 1 is 1.28 bits per heavy atom. The number of carbonyl (C=O) groups is 2. The molecule has 1 saturated heterocycles. The van der Waals surface area contributed by atoms with E-state index in [1.165, 1.54) is 7.11 Å². The van der Waals surface area contributed by atoms with Crippen molar-refractivity contribution in [3.05, 3.63) is 0 Å². The van der Waals surface area contributed by atoms with Gasteiger partial charge in [0.15, 0.2) is 5.78 Å². The normalized spacial score (nSPS) is 19.1. The minimum Gasteiger partial charge on any atom is -0.453 e. The van der Waals surface area contributed by atoms with Gasteiger partial charge in [0.25, 0.3) is 0 Å². The largest absolute Gasteiger partial charge is 0.453 e. The number of rotatable bonds is 3. The van der Waals surface area contributed by atoms with E-state index in [1.54, 1.807) is 0 Å². The van der Waals surface area contributed by atoms with Crippen LogP contribution in [0.25, 0.3) is 0 Å². The number of ketones is 1. The van der Waals surface area contributed by atoms with Gasteiger partial charge in [-0.25, -0.2) is 4.79 Å². The standard InChI is InChI=1S/C13H23NO4/c1-13(2,3)11(15)10(14-12(16)17-4)9-5-7-18-8-6-9/h9-10H,5-8H2,1-4H3,(H,14,16)/t10-/m0/s1. The number of hydrogen-bond acceptors (Lipinski definition) is 4. The lowest BCUT2D eigenvalue weighted by Crippen LogP contribution is -2.51. The molecule has 18 heavy (non-hydrogen) atoms. The molecule has 1 aliphatic rings. The maximum atomic E-state index is 12.4. The molecule has 1 amide bonds. The fraction of sp³-hybridized carbons (Fsp3) is 0.846. The van der Waals surface area contributed by atoms with E-state index in [0.29, 0.717) is 13.2 Å². The highest BCUT2D eigenvalue weighted by Gasteiger charge is 2.37. The van der Waals surface area contributed by atoms with Gasteiger partial charge in [-0.3, -0.25) is 4.79 Å². The van der Waals surface area contributed by atoms with Crippen LogP contribution in [0.15, 0.2) is 0 Å². The third-order valence-corrected chi connectivity index (χ3v) is 3.22. The Morgan fingerprint density at radius 3 is 2.28 bits per heavy atom. The number of carbonyl (C=O) groups excluding carboxylic acids is 2. The van der Waals surface area contributed by atoms with E-state index in [0.717, 1.165) is 12.8 Å². The Morgan fingerprint density at radius 2 is 1.83 bits per heavy atom. The smallest absolute Gasteiger partial charge is 0.407 e. The molecular formula is C13H23NO4. The molecular weight excluding hydrogens is 234 g/mol. The number of amides is 1. The molecule has 1 fully saturated rings. The Bertz CT molecular complexity index is 303. The second-order valence-electron chi connectivity index (χ2n) is 5.68. The molecule has 0 spiro atoms. The summed E-state index contributed by atoms with van der Waals surface area (Å²) in [6.07, 6.45) is 1.02. The highest BCUT2D eigenvalue weighted by molar-refractivity contribution is 5.91. The quantitative estimate of drug-likeness (QED) is 0.836. The number of nitrogens with one attached hydrogen (secondary N) is 1. The van der Waals surface area contributed by atoms with Gasteiger partial charge in [-0.1, -0.05) is 20.8 Å². The highest BCUT2D eigenvalue weighted by Crippen LogP contribution is 2.26. The molecule has 0 aliphatic carbocycles. The lowest BCUT2D eigenvalue weighted by atomic mass is 9.79. The molecule has 0 aromatic rings. The third kappa shape index (κ3) is 3.98. The molecule has 0 aromatic carbocycles. The van der Waals surface area contributed by atoms with Crippen LogP contribution >= 0.6 is 0 Å². The van der Waals surface area contributed by atoms with Gasteiger partial charge in [0, 0.05) is 18.6 Å². The number of methoxy groups -OCH3 is 1. The zero-order valence-corrected chi connectivity index (χ0v) is 11.6. The molecule has 0 radical (unpaired) electrons. The second-order valence-corrected chi connectivity index (χ2v) is 5.68. The van der Waals surface area contributed by atoms with Crippen LogP contribution in [0.3, 0.4) is 0 Å². The van der Waals surface area contributed by atoms with Crippen LogP contribution in [0, 0.1) is 11.3 Å². The van der Waals surface area contributed by atoms with Crippen molar-refractivity contribution in [2.45, 2.75) is 39.7 Å². The summed E-state index contributed by atoms with van der Waals surface area (Å²) in [5.41, 5.74) is -0.482. The minimum atomic E-state index is -0.552. The van der Waals surface area contributed by atoms with Crippen molar-refractivity contribution >= 4 is 11.9 Å². The first-order valence-electron chi connectivity index (χ1n) is 6.33. The van der Waals surface area contributed by atoms with Crippen molar-refractivity contribution in [1.82, 2.24) is 5.32 Å². The van der Waals surface area contributed by atoms with Gasteiger partial charge in [0.1, 0.15) is 0 Å². The van der Waals surface area contributed by atoms with Gasteiger partial charge in [0.2, 0.25) is 0 Å². The van der Waals surface area contributed by atoms with E-state index in [4.69, 9.17) is 4.74 Å². The predicted octanol–water partition coefficient (Wildman–Crippen LogP) is 1.75. The number of alkyl carbamates (subject to hydrolysis) is 1. The summed E-state index contributed by atoms with van der Waals surface area (Å²) in [5, 5.41) is 2.68. The molecule has 1 atom stereocenters. The maximum absolute atomic E-state index is 12.4. The summed E-state index contributed by atoms with van der Waals surface area (Å²) in [4.78, 5) is 23.8. The monoisotopic (exact) mass is 257 g/mol. The Labute approximate surface area is 108 Å². The van der Waals surface area contributed by atoms with Gasteiger partial charge in [-0.2, -0.15) is 0 Å². The van der Waals surface area contributed by atoms with Crippen molar-refractivity contribution in [2.24, 2.45) is 11.3 Å². The molecule has 0 aromatic heterocycles. The van der Waals surface area contributed by atoms with Gasteiger partial charge in [0.05, 0.1) is 13.2 Å². The maximum Gasteiger partial charge on any atom is 0.407 e. The van der Waals surface area contributed by atoms with Gasteiger partial charge in [-0.15, -0.1) is 0 Å². The molecule has 5 nitrogen and oxygen atoms in total. The van der Waals surface area contributed by atoms with Crippen LogP contribution in [-0.2, 0) is 14.3 Å². The molecule has 0 unspecified atom stereocenters. The summed E-state index contributed by atoms with van der Waals surface area (Å²) >= 11 is 0. The van der Waals surface area contributed by atoms with Crippen LogP contribution < -0.4 is 5.32 Å². The zero-order valence-electron chi connectivity index (χ0n) is 11.6. The summed E-state index contributed by atoms with van der Waals surface area (Å²) in [6, 6.07) is -0.485. The van der Waals surface area contributed by atoms with Gasteiger partial charge in [-0.05, 0) is 18.8 Å². The number of Topliss-reactive ketones (excluding diaryl/α,β-unsaturated/α-hetero) is 1. The first-order valence-corrected chi connectivity index (χ1v) is 6.33. The lowest BCUT2D eigenvalue weighted by Gasteiger charge is -2.33. The third-order valence-electron chi connectivity index (χ3n) is 3.22. The van der Waals surface area contributed by atoms with E-state index >= 15 is 0 Å². The second kappa shape index (κ2) is 6.18. The topological polar surface area (TPSA) is 64.6 Å². The van der Waals surface area contributed by atoms with Crippen LogP contribution in [0.4, 0.5) is 4.79 Å². The van der Waals surface area contributed by atoms with Gasteiger partial charge < -0.3 is 14.8 Å². The van der Waals surface area contributed by atoms with Crippen LogP contribution in [0.2, 0.25) is 0 Å². The fourth-order valence-corrected chi connectivity index (χ4v) is 2.10. The molecule has 5 heteroatoms. The lowest BCUT2D eigenvalue weighted by molar-refractivity contribution is -0.130. The number of ether oxygens (including phenoxy) is 2. The summed E-state index contributed by atoms with van der Waals surface area (Å²) in [6.45, 7) is 6.87. The molecule has 104 valence electrons. The number of hydrogen-bond donors (Lipinski definition) is 1. The predicted molar refractivity (Wildman–Crippen MR) is 67.3 cm³/mol. The molecule has 1 heterocycles. The molecule has 1 aliphatic heterocycles. The average Bonchev–Trinajstić information content (AvgIpc) is 2.34. The van der Waals surface area contributed by atoms with Crippen molar-refractivity contribution in [3.8, 4) is 0 Å². The highest BCUT2D eigenvalue weighted by atomic mass is 16.5. The van der Waals surface area contributed by atoms with E-state index < -0.39 is 17.6 Å². The SMILES string of the molecule is COC(=O)N[C@H](C(=O)C(C)(C)C)C1CCOCC1. The zero-order chi connectivity index (χ0) is 13.8. The van der Waals surface area contributed by atoms with Crippen LogP contribution in [0.5, 0.6) is 0 Å². The van der Waals surface area contributed by atoms with Crippen LogP contribution in [-0.4, -0.2) is 38.2 Å². The molecule has 1 N–H and O–H groups in total. The van der Waals surface area contributed by atoms with E-state index in [-0.39, 0.29) is 11.7 Å². The summed E-state index contributed by atoms with van der Waals surface area (Å²) in [5.74, 6) is 0.171. The first-order chi connectivity index (χ1) is 8.36.